The Balaban J connectivity index is 0.000000317. The first-order valence-corrected chi connectivity index (χ1v) is 13.4. The van der Waals surface area contributed by atoms with Crippen molar-refractivity contribution >= 4 is 34.7 Å². The number of fused-ring (bicyclic) bond motifs is 1. The van der Waals surface area contributed by atoms with Gasteiger partial charge < -0.3 is 19.8 Å². The maximum atomic E-state index is 10.6. The van der Waals surface area contributed by atoms with Gasteiger partial charge in [-0.1, -0.05) is 12.1 Å². The summed E-state index contributed by atoms with van der Waals surface area (Å²) in [5.74, 6) is -3.73. The number of anilines is 1. The Labute approximate surface area is 250 Å². The van der Waals surface area contributed by atoms with E-state index in [2.05, 4.69) is 37.2 Å². The molecule has 238 valence electrons. The predicted molar refractivity (Wildman–Crippen MR) is 147 cm³/mol. The smallest absolute Gasteiger partial charge is 0.490 e. The third kappa shape index (κ3) is 9.03. The van der Waals surface area contributed by atoms with Crippen LogP contribution in [0.5, 0.6) is 5.75 Å². The van der Waals surface area contributed by atoms with Crippen LogP contribution < -0.4 is 9.64 Å². The van der Waals surface area contributed by atoms with Crippen molar-refractivity contribution in [1.82, 2.24) is 24.3 Å². The molecule has 11 nitrogen and oxygen atoms in total. The monoisotopic (exact) mass is 648 g/mol. The van der Waals surface area contributed by atoms with E-state index in [0.717, 1.165) is 66.9 Å². The summed E-state index contributed by atoms with van der Waals surface area (Å²) in [5.41, 5.74) is 6.08. The lowest BCUT2D eigenvalue weighted by Gasteiger charge is -2.35. The highest BCUT2D eigenvalue weighted by Gasteiger charge is 2.38. The second-order valence-corrected chi connectivity index (χ2v) is 9.99. The zero-order chi connectivity index (χ0) is 32.7. The third-order valence-electron chi connectivity index (χ3n) is 6.14. The molecule has 0 spiro atoms. The number of aromatic nitrogens is 4. The van der Waals surface area contributed by atoms with Gasteiger partial charge in [0.2, 0.25) is 0 Å². The summed E-state index contributed by atoms with van der Waals surface area (Å²) >= 11 is 1.74. The van der Waals surface area contributed by atoms with Gasteiger partial charge in [0.1, 0.15) is 5.75 Å². The van der Waals surface area contributed by atoms with Crippen molar-refractivity contribution in [3.8, 4) is 17.0 Å². The Hall–Kier alpha value is -4.45. The molecule has 1 fully saturated rings. The summed E-state index contributed by atoms with van der Waals surface area (Å²) in [6.45, 7) is 6.95. The standard InChI is InChI=1S/C22H24N6OS.2C2HF3O2/c1-16-20(30-15-25-16)14-26-8-10-27(11-9-26)21-22-24-13-19(28(22)7-6-23-21)17-4-3-5-18(12-17)29-2;2*3-2(4,5)1(6)7/h3-7,12-13,15H,8-11,14H2,1-2H3;2*(H,6,7). The molecule has 3 aromatic heterocycles. The summed E-state index contributed by atoms with van der Waals surface area (Å²) < 4.78 is 71.0. The fraction of sp³-hybridized carbons (Fsp3) is 0.346. The van der Waals surface area contributed by atoms with Gasteiger partial charge in [0.15, 0.2) is 11.5 Å². The number of imidazole rings is 1. The van der Waals surface area contributed by atoms with Gasteiger partial charge in [0.05, 0.1) is 30.2 Å². The van der Waals surface area contributed by atoms with Crippen molar-refractivity contribution in [3.63, 3.8) is 0 Å². The molecule has 1 saturated heterocycles. The van der Waals surface area contributed by atoms with E-state index in [1.165, 1.54) is 4.88 Å². The van der Waals surface area contributed by atoms with Crippen LogP contribution in [0.1, 0.15) is 10.6 Å². The number of aryl methyl sites for hydroxylation is 1. The average molecular weight is 649 g/mol. The van der Waals surface area contributed by atoms with Gasteiger partial charge in [0.25, 0.3) is 0 Å². The van der Waals surface area contributed by atoms with E-state index in [0.29, 0.717) is 0 Å². The molecule has 5 rings (SSSR count). The maximum absolute atomic E-state index is 10.6. The van der Waals surface area contributed by atoms with Crippen LogP contribution in [0.2, 0.25) is 0 Å². The van der Waals surface area contributed by atoms with E-state index in [1.54, 1.807) is 18.4 Å². The number of hydrogen-bond acceptors (Lipinski definition) is 9. The van der Waals surface area contributed by atoms with E-state index in [-0.39, 0.29) is 0 Å². The molecule has 4 heterocycles. The van der Waals surface area contributed by atoms with Gasteiger partial charge in [-0.05, 0) is 19.1 Å². The van der Waals surface area contributed by atoms with E-state index >= 15 is 0 Å². The number of carbonyl (C=O) groups is 2. The molecule has 0 aliphatic carbocycles. The van der Waals surface area contributed by atoms with Crippen LogP contribution in [0.3, 0.4) is 0 Å². The Morgan fingerprint density at radius 2 is 1.59 bits per heavy atom. The number of piperazine rings is 1. The summed E-state index contributed by atoms with van der Waals surface area (Å²) in [7, 11) is 1.69. The minimum absolute atomic E-state index is 0.837. The summed E-state index contributed by atoms with van der Waals surface area (Å²) in [6, 6.07) is 8.06. The molecular formula is C26H26F6N6O5S. The quantitative estimate of drug-likeness (QED) is 0.292. The summed E-state index contributed by atoms with van der Waals surface area (Å²) in [5, 5.41) is 14.2. The molecule has 0 atom stereocenters. The van der Waals surface area contributed by atoms with Gasteiger partial charge in [-0.2, -0.15) is 26.3 Å². The van der Waals surface area contributed by atoms with E-state index in [1.807, 2.05) is 42.3 Å². The maximum Gasteiger partial charge on any atom is 0.490 e. The lowest BCUT2D eigenvalue weighted by molar-refractivity contribution is -0.193. The van der Waals surface area contributed by atoms with Crippen molar-refractivity contribution in [3.05, 3.63) is 58.9 Å². The molecule has 0 unspecified atom stereocenters. The van der Waals surface area contributed by atoms with Gasteiger partial charge in [0, 0.05) is 55.6 Å². The van der Waals surface area contributed by atoms with E-state index < -0.39 is 24.3 Å². The lowest BCUT2D eigenvalue weighted by Crippen LogP contribution is -2.46. The Morgan fingerprint density at radius 3 is 2.11 bits per heavy atom. The second-order valence-electron chi connectivity index (χ2n) is 9.05. The first-order valence-electron chi connectivity index (χ1n) is 12.5. The number of carboxylic acid groups (broad SMARTS) is 2. The molecule has 44 heavy (non-hydrogen) atoms. The van der Waals surface area contributed by atoms with Crippen LogP contribution in [0.15, 0.2) is 48.4 Å². The summed E-state index contributed by atoms with van der Waals surface area (Å²) in [6.07, 6.45) is -4.41. The summed E-state index contributed by atoms with van der Waals surface area (Å²) in [4.78, 5) is 37.7. The van der Waals surface area contributed by atoms with Crippen molar-refractivity contribution in [2.24, 2.45) is 0 Å². The van der Waals surface area contributed by atoms with Crippen LogP contribution in [-0.2, 0) is 16.1 Å². The first kappa shape index (κ1) is 34.0. The van der Waals surface area contributed by atoms with Crippen LogP contribution >= 0.6 is 11.3 Å². The van der Waals surface area contributed by atoms with Crippen molar-refractivity contribution in [2.45, 2.75) is 25.8 Å². The first-order chi connectivity index (χ1) is 20.6. The van der Waals surface area contributed by atoms with Crippen molar-refractivity contribution in [2.75, 3.05) is 38.2 Å². The number of ether oxygens (including phenoxy) is 1. The van der Waals surface area contributed by atoms with Gasteiger partial charge in [-0.25, -0.2) is 24.5 Å². The molecule has 0 saturated carbocycles. The van der Waals surface area contributed by atoms with Gasteiger partial charge >= 0.3 is 24.3 Å². The van der Waals surface area contributed by atoms with Gasteiger partial charge in [-0.15, -0.1) is 11.3 Å². The zero-order valence-electron chi connectivity index (χ0n) is 23.1. The SMILES string of the molecule is COc1cccc(-c2cnc3c(N4CCN(Cc5scnc5C)CC4)nccn23)c1.O=C(O)C(F)(F)F.O=C(O)C(F)(F)F. The predicted octanol–water partition coefficient (Wildman–Crippen LogP) is 4.76. The fourth-order valence-corrected chi connectivity index (χ4v) is 4.74. The van der Waals surface area contributed by atoms with Gasteiger partial charge in [-0.3, -0.25) is 9.30 Å². The molecule has 18 heteroatoms. The van der Waals surface area contributed by atoms with Crippen LogP contribution in [-0.4, -0.2) is 92.0 Å². The third-order valence-corrected chi connectivity index (χ3v) is 7.06. The molecule has 0 bridgehead atoms. The number of methoxy groups -OCH3 is 1. The van der Waals surface area contributed by atoms with Crippen LogP contribution in [0, 0.1) is 6.92 Å². The number of halogens is 6. The lowest BCUT2D eigenvalue weighted by atomic mass is 10.1. The average Bonchev–Trinajstić information content (AvgIpc) is 3.59. The second kappa shape index (κ2) is 14.3. The molecule has 1 aliphatic heterocycles. The van der Waals surface area contributed by atoms with Crippen molar-refractivity contribution in [1.29, 1.82) is 0 Å². The highest BCUT2D eigenvalue weighted by atomic mass is 32.1. The molecule has 1 aromatic carbocycles. The number of rotatable bonds is 5. The normalized spacial score (nSPS) is 13.9. The van der Waals surface area contributed by atoms with Crippen molar-refractivity contribution < 1.29 is 50.9 Å². The van der Waals surface area contributed by atoms with E-state index in [9.17, 15) is 26.3 Å². The number of nitrogens with zero attached hydrogens (tertiary/aromatic N) is 6. The topological polar surface area (TPSA) is 133 Å². The number of alkyl halides is 6. The van der Waals surface area contributed by atoms with Crippen LogP contribution in [0.4, 0.5) is 32.2 Å². The van der Waals surface area contributed by atoms with E-state index in [4.69, 9.17) is 29.5 Å². The molecule has 1 aliphatic rings. The molecule has 0 radical (unpaired) electrons. The Bertz CT molecular complexity index is 1540. The largest absolute Gasteiger partial charge is 0.497 e. The number of thiazole rings is 1. The minimum atomic E-state index is -5.08. The molecule has 0 amide bonds. The highest BCUT2D eigenvalue weighted by molar-refractivity contribution is 7.09. The Morgan fingerprint density at radius 1 is 0.977 bits per heavy atom. The zero-order valence-corrected chi connectivity index (χ0v) is 23.9. The number of carboxylic acids is 2. The fourth-order valence-electron chi connectivity index (χ4n) is 3.92. The number of hydrogen-bond donors (Lipinski definition) is 2. The molecular weight excluding hydrogens is 622 g/mol. The Kier molecular flexibility index (Phi) is 11.1. The number of benzene rings is 1. The van der Waals surface area contributed by atoms with Crippen LogP contribution in [0.25, 0.3) is 16.9 Å². The molecule has 2 N–H and O–H groups in total. The highest BCUT2D eigenvalue weighted by Crippen LogP contribution is 2.28. The minimum Gasteiger partial charge on any atom is -0.497 e. The number of aliphatic carboxylic acids is 2. The molecule has 4 aromatic rings.